The van der Waals surface area contributed by atoms with Crippen LogP contribution in [-0.2, 0) is 0 Å². The fraction of sp³-hybridized carbons (Fsp3) is 0.0833. The molecule has 2 aromatic rings. The Morgan fingerprint density at radius 1 is 1.22 bits per heavy atom. The Morgan fingerprint density at radius 2 is 1.89 bits per heavy atom. The Hall–Kier alpha value is -1.56. The molecular formula is C12H11BClNO3. The van der Waals surface area contributed by atoms with Crippen molar-refractivity contribution in [3.05, 3.63) is 41.7 Å². The van der Waals surface area contributed by atoms with E-state index in [1.807, 2.05) is 12.1 Å². The minimum absolute atomic E-state index is 0.296. The van der Waals surface area contributed by atoms with Gasteiger partial charge >= 0.3 is 7.12 Å². The number of benzene rings is 1. The van der Waals surface area contributed by atoms with Crippen LogP contribution in [0.25, 0.3) is 11.1 Å². The van der Waals surface area contributed by atoms with Crippen LogP contribution in [-0.4, -0.2) is 29.3 Å². The third kappa shape index (κ3) is 2.64. The van der Waals surface area contributed by atoms with Gasteiger partial charge in [0.15, 0.2) is 0 Å². The van der Waals surface area contributed by atoms with Crippen LogP contribution < -0.4 is 10.2 Å². The van der Waals surface area contributed by atoms with Crippen LogP contribution in [0.4, 0.5) is 0 Å². The summed E-state index contributed by atoms with van der Waals surface area (Å²) >= 11 is 6.00. The van der Waals surface area contributed by atoms with E-state index in [4.69, 9.17) is 26.4 Å². The minimum Gasteiger partial charge on any atom is -0.497 e. The molecule has 1 aromatic heterocycles. The van der Waals surface area contributed by atoms with Gasteiger partial charge in [-0.2, -0.15) is 0 Å². The molecule has 2 N–H and O–H groups in total. The molecule has 0 aliphatic rings. The van der Waals surface area contributed by atoms with Crippen LogP contribution in [0.5, 0.6) is 5.75 Å². The second-order valence-electron chi connectivity index (χ2n) is 3.71. The predicted octanol–water partition coefficient (Wildman–Crippen LogP) is 1.09. The Morgan fingerprint density at radius 3 is 2.44 bits per heavy atom. The second kappa shape index (κ2) is 5.39. The van der Waals surface area contributed by atoms with Gasteiger partial charge in [0.2, 0.25) is 0 Å². The van der Waals surface area contributed by atoms with Crippen LogP contribution in [0.2, 0.25) is 5.15 Å². The van der Waals surface area contributed by atoms with Gasteiger partial charge in [-0.25, -0.2) is 4.98 Å². The summed E-state index contributed by atoms with van der Waals surface area (Å²) in [6, 6.07) is 8.85. The van der Waals surface area contributed by atoms with Gasteiger partial charge in [-0.05, 0) is 23.8 Å². The molecule has 0 spiro atoms. The van der Waals surface area contributed by atoms with Crippen LogP contribution >= 0.6 is 11.6 Å². The number of rotatable bonds is 3. The van der Waals surface area contributed by atoms with Crippen LogP contribution in [0, 0.1) is 0 Å². The Labute approximate surface area is 110 Å². The summed E-state index contributed by atoms with van der Waals surface area (Å²) in [7, 11) is 0.0264. The largest absolute Gasteiger partial charge is 0.497 e. The van der Waals surface area contributed by atoms with Crippen molar-refractivity contribution in [3.8, 4) is 16.9 Å². The summed E-state index contributed by atoms with van der Waals surface area (Å²) in [4.78, 5) is 3.93. The number of aromatic nitrogens is 1. The van der Waals surface area contributed by atoms with E-state index >= 15 is 0 Å². The van der Waals surface area contributed by atoms with Crippen molar-refractivity contribution in [3.63, 3.8) is 0 Å². The van der Waals surface area contributed by atoms with E-state index in [0.29, 0.717) is 16.2 Å². The van der Waals surface area contributed by atoms with E-state index in [1.54, 1.807) is 25.3 Å². The molecule has 18 heavy (non-hydrogen) atoms. The number of ether oxygens (including phenoxy) is 1. The van der Waals surface area contributed by atoms with E-state index in [-0.39, 0.29) is 0 Å². The molecule has 6 heteroatoms. The standard InChI is InChI=1S/C12H11BClNO3/c1-18-10-4-2-8(3-5-10)11-6-9(13(16)17)7-15-12(11)14/h2-7,16-17H,1H3. The molecule has 0 unspecified atom stereocenters. The molecule has 1 aromatic carbocycles. The maximum Gasteiger partial charge on any atom is 0.490 e. The van der Waals surface area contributed by atoms with Crippen molar-refractivity contribution in [1.29, 1.82) is 0 Å². The normalized spacial score (nSPS) is 10.2. The van der Waals surface area contributed by atoms with Crippen molar-refractivity contribution >= 4 is 24.2 Å². The van der Waals surface area contributed by atoms with Gasteiger partial charge in [-0.3, -0.25) is 0 Å². The van der Waals surface area contributed by atoms with Gasteiger partial charge in [0.25, 0.3) is 0 Å². The second-order valence-corrected chi connectivity index (χ2v) is 4.07. The maximum absolute atomic E-state index is 9.12. The number of hydrogen-bond donors (Lipinski definition) is 2. The van der Waals surface area contributed by atoms with Gasteiger partial charge in [0.1, 0.15) is 10.9 Å². The summed E-state index contributed by atoms with van der Waals surface area (Å²) in [5.41, 5.74) is 1.77. The summed E-state index contributed by atoms with van der Waals surface area (Å²) in [5, 5.41) is 18.6. The molecule has 0 radical (unpaired) electrons. The molecule has 0 saturated carbocycles. The highest BCUT2D eigenvalue weighted by Crippen LogP contribution is 2.26. The third-order valence-corrected chi connectivity index (χ3v) is 2.86. The summed E-state index contributed by atoms with van der Waals surface area (Å²) in [6.45, 7) is 0. The Balaban J connectivity index is 2.45. The molecule has 0 saturated heterocycles. The summed E-state index contributed by atoms with van der Waals surface area (Å²) < 4.78 is 5.07. The molecule has 1 heterocycles. The Bertz CT molecular complexity index is 546. The number of pyridine rings is 1. The van der Waals surface area contributed by atoms with Crippen LogP contribution in [0.1, 0.15) is 0 Å². The lowest BCUT2D eigenvalue weighted by molar-refractivity contribution is 0.415. The zero-order chi connectivity index (χ0) is 13.1. The number of methoxy groups -OCH3 is 1. The van der Waals surface area contributed by atoms with Gasteiger partial charge in [-0.15, -0.1) is 0 Å². The zero-order valence-electron chi connectivity index (χ0n) is 9.67. The molecule has 92 valence electrons. The van der Waals surface area contributed by atoms with Gasteiger partial charge < -0.3 is 14.8 Å². The molecule has 4 nitrogen and oxygen atoms in total. The lowest BCUT2D eigenvalue weighted by atomic mass is 9.80. The SMILES string of the molecule is COc1ccc(-c2cc(B(O)O)cnc2Cl)cc1. The highest BCUT2D eigenvalue weighted by molar-refractivity contribution is 6.58. The number of nitrogens with zero attached hydrogens (tertiary/aromatic N) is 1. The maximum atomic E-state index is 9.12. The van der Waals surface area contributed by atoms with E-state index < -0.39 is 7.12 Å². The van der Waals surface area contributed by atoms with E-state index in [1.165, 1.54) is 6.20 Å². The summed E-state index contributed by atoms with van der Waals surface area (Å²) in [5.74, 6) is 0.737. The lowest BCUT2D eigenvalue weighted by Crippen LogP contribution is -2.30. The fourth-order valence-electron chi connectivity index (χ4n) is 1.58. The van der Waals surface area contributed by atoms with Crippen molar-refractivity contribution in [1.82, 2.24) is 4.98 Å². The molecule has 0 aliphatic carbocycles. The quantitative estimate of drug-likeness (QED) is 0.643. The molecular weight excluding hydrogens is 252 g/mol. The molecule has 0 fully saturated rings. The smallest absolute Gasteiger partial charge is 0.490 e. The van der Waals surface area contributed by atoms with Gasteiger partial charge in [-0.1, -0.05) is 23.7 Å². The predicted molar refractivity (Wildman–Crippen MR) is 71.1 cm³/mol. The molecule has 0 atom stereocenters. The molecule has 2 rings (SSSR count). The Kier molecular flexibility index (Phi) is 3.86. The first-order valence-electron chi connectivity index (χ1n) is 5.28. The first-order valence-corrected chi connectivity index (χ1v) is 5.65. The average Bonchev–Trinajstić information content (AvgIpc) is 2.39. The number of halogens is 1. The van der Waals surface area contributed by atoms with Crippen molar-refractivity contribution < 1.29 is 14.8 Å². The molecule has 0 amide bonds. The third-order valence-electron chi connectivity index (χ3n) is 2.56. The topological polar surface area (TPSA) is 62.6 Å². The average molecular weight is 263 g/mol. The highest BCUT2D eigenvalue weighted by Gasteiger charge is 2.14. The zero-order valence-corrected chi connectivity index (χ0v) is 10.4. The number of hydrogen-bond acceptors (Lipinski definition) is 4. The van der Waals surface area contributed by atoms with E-state index in [2.05, 4.69) is 4.98 Å². The van der Waals surface area contributed by atoms with E-state index in [9.17, 15) is 0 Å². The lowest BCUT2D eigenvalue weighted by Gasteiger charge is -2.07. The first-order chi connectivity index (χ1) is 8.61. The van der Waals surface area contributed by atoms with Crippen molar-refractivity contribution in [2.75, 3.05) is 7.11 Å². The van der Waals surface area contributed by atoms with Crippen LogP contribution in [0.3, 0.4) is 0 Å². The fourth-order valence-corrected chi connectivity index (χ4v) is 1.79. The van der Waals surface area contributed by atoms with Gasteiger partial charge in [0, 0.05) is 17.2 Å². The molecule has 0 aliphatic heterocycles. The van der Waals surface area contributed by atoms with Crippen LogP contribution in [0.15, 0.2) is 36.5 Å². The monoisotopic (exact) mass is 263 g/mol. The molecule has 0 bridgehead atoms. The van der Waals surface area contributed by atoms with Crippen molar-refractivity contribution in [2.24, 2.45) is 0 Å². The summed E-state index contributed by atoms with van der Waals surface area (Å²) in [6.07, 6.45) is 1.33. The highest BCUT2D eigenvalue weighted by atomic mass is 35.5. The minimum atomic E-state index is -1.56. The van der Waals surface area contributed by atoms with Gasteiger partial charge in [0.05, 0.1) is 7.11 Å². The van der Waals surface area contributed by atoms with E-state index in [0.717, 1.165) is 11.3 Å². The first kappa shape index (κ1) is 12.9. The van der Waals surface area contributed by atoms with Crippen molar-refractivity contribution in [2.45, 2.75) is 0 Å².